The number of nitrogens with one attached hydrogen (secondary N) is 1. The van der Waals surface area contributed by atoms with E-state index < -0.39 is 10.0 Å². The van der Waals surface area contributed by atoms with E-state index in [2.05, 4.69) is 21.2 Å². The van der Waals surface area contributed by atoms with Crippen LogP contribution in [0.25, 0.3) is 0 Å². The average molecular weight is 377 g/mol. The van der Waals surface area contributed by atoms with Gasteiger partial charge in [0.15, 0.2) is 0 Å². The van der Waals surface area contributed by atoms with E-state index in [1.54, 1.807) is 18.2 Å². The molecule has 1 aliphatic heterocycles. The van der Waals surface area contributed by atoms with E-state index in [-0.39, 0.29) is 24.1 Å². The highest BCUT2D eigenvalue weighted by Crippen LogP contribution is 2.23. The van der Waals surface area contributed by atoms with E-state index in [4.69, 9.17) is 0 Å². The van der Waals surface area contributed by atoms with Gasteiger partial charge in [0, 0.05) is 23.6 Å². The molecule has 0 spiro atoms. The Morgan fingerprint density at radius 2 is 2.24 bits per heavy atom. The van der Waals surface area contributed by atoms with Gasteiger partial charge in [0.2, 0.25) is 10.0 Å². The molecule has 1 atom stereocenters. The fourth-order valence-electron chi connectivity index (χ4n) is 2.51. The molecule has 0 bridgehead atoms. The van der Waals surface area contributed by atoms with Crippen molar-refractivity contribution in [3.63, 3.8) is 0 Å². The number of hydrogen-bond donors (Lipinski definition) is 2. The van der Waals surface area contributed by atoms with Gasteiger partial charge in [0.1, 0.15) is 0 Å². The Kier molecular flexibility index (Phi) is 5.79. The van der Waals surface area contributed by atoms with Gasteiger partial charge in [-0.25, -0.2) is 8.42 Å². The fraction of sp³-hybridized carbons (Fsp3) is 0.571. The predicted molar refractivity (Wildman–Crippen MR) is 85.7 cm³/mol. The number of hydrogen-bond acceptors (Lipinski definition) is 4. The van der Waals surface area contributed by atoms with Crippen LogP contribution in [0.5, 0.6) is 0 Å². The first kappa shape index (κ1) is 16.9. The van der Waals surface area contributed by atoms with E-state index in [9.17, 15) is 13.5 Å². The van der Waals surface area contributed by atoms with Crippen LogP contribution < -0.4 is 5.32 Å². The van der Waals surface area contributed by atoms with Gasteiger partial charge < -0.3 is 10.4 Å². The second kappa shape index (κ2) is 7.19. The Morgan fingerprint density at radius 1 is 1.48 bits per heavy atom. The molecule has 0 aromatic heterocycles. The van der Waals surface area contributed by atoms with Crippen LogP contribution in [0.3, 0.4) is 0 Å². The maximum atomic E-state index is 12.7. The molecule has 7 heteroatoms. The highest BCUT2D eigenvalue weighted by atomic mass is 79.9. The predicted octanol–water partition coefficient (Wildman–Crippen LogP) is 1.49. The van der Waals surface area contributed by atoms with E-state index in [1.165, 1.54) is 4.31 Å². The van der Waals surface area contributed by atoms with E-state index in [0.29, 0.717) is 6.54 Å². The number of halogens is 1. The third kappa shape index (κ3) is 4.04. The molecule has 2 rings (SSSR count). The molecule has 1 aromatic rings. The number of rotatable bonds is 6. The molecule has 1 aliphatic rings. The van der Waals surface area contributed by atoms with Gasteiger partial charge in [0.05, 0.1) is 11.5 Å². The summed E-state index contributed by atoms with van der Waals surface area (Å²) in [7, 11) is -3.58. The van der Waals surface area contributed by atoms with Crippen molar-refractivity contribution < 1.29 is 13.5 Å². The molecular formula is C14H21BrN2O3S. The molecule has 0 amide bonds. The molecule has 1 fully saturated rings. The summed E-state index contributed by atoms with van der Waals surface area (Å²) in [5, 5.41) is 12.5. The zero-order valence-corrected chi connectivity index (χ0v) is 14.5. The van der Waals surface area contributed by atoms with Crippen molar-refractivity contribution in [1.82, 2.24) is 9.62 Å². The lowest BCUT2D eigenvalue weighted by atomic mass is 10.2. The van der Waals surface area contributed by atoms with Crippen LogP contribution in [0.15, 0.2) is 27.6 Å². The summed E-state index contributed by atoms with van der Waals surface area (Å²) in [5.41, 5.74) is 0.874. The van der Waals surface area contributed by atoms with Crippen LogP contribution in [-0.4, -0.2) is 50.1 Å². The Labute approximate surface area is 134 Å². The first-order chi connectivity index (χ1) is 9.95. The maximum absolute atomic E-state index is 12.7. The highest BCUT2D eigenvalue weighted by molar-refractivity contribution is 9.10. The second-order valence-electron chi connectivity index (χ2n) is 5.29. The number of sulfonamides is 1. The number of aliphatic hydroxyl groups is 1. The van der Waals surface area contributed by atoms with Crippen molar-refractivity contribution in [1.29, 1.82) is 0 Å². The lowest BCUT2D eigenvalue weighted by Gasteiger charge is -2.24. The van der Waals surface area contributed by atoms with Crippen LogP contribution >= 0.6 is 15.9 Å². The minimum atomic E-state index is -3.58. The van der Waals surface area contributed by atoms with Crippen LogP contribution in [-0.2, 0) is 10.0 Å². The zero-order valence-electron chi connectivity index (χ0n) is 12.0. The van der Waals surface area contributed by atoms with Gasteiger partial charge in [-0.05, 0) is 50.1 Å². The second-order valence-corrected chi connectivity index (χ2v) is 8.08. The quantitative estimate of drug-likeness (QED) is 0.788. The molecule has 1 aromatic carbocycles. The molecule has 0 saturated carbocycles. The largest absolute Gasteiger partial charge is 0.395 e. The van der Waals surface area contributed by atoms with Gasteiger partial charge in [-0.2, -0.15) is 4.31 Å². The third-order valence-electron chi connectivity index (χ3n) is 3.70. The van der Waals surface area contributed by atoms with Crippen molar-refractivity contribution in [2.75, 3.05) is 26.2 Å². The molecule has 0 radical (unpaired) electrons. The number of aryl methyl sites for hydroxylation is 1. The smallest absolute Gasteiger partial charge is 0.243 e. The lowest BCUT2D eigenvalue weighted by Crippen LogP contribution is -2.42. The summed E-state index contributed by atoms with van der Waals surface area (Å²) in [4.78, 5) is 0.273. The minimum Gasteiger partial charge on any atom is -0.395 e. The van der Waals surface area contributed by atoms with Crippen LogP contribution in [0, 0.1) is 6.92 Å². The van der Waals surface area contributed by atoms with Crippen molar-refractivity contribution in [3.05, 3.63) is 28.2 Å². The SMILES string of the molecule is Cc1cc(S(=O)(=O)N(CCO)CC2CCCN2)ccc1Br. The molecule has 21 heavy (non-hydrogen) atoms. The Morgan fingerprint density at radius 3 is 2.81 bits per heavy atom. The molecule has 1 heterocycles. The highest BCUT2D eigenvalue weighted by Gasteiger charge is 2.28. The summed E-state index contributed by atoms with van der Waals surface area (Å²) in [6.07, 6.45) is 2.03. The average Bonchev–Trinajstić information content (AvgIpc) is 2.94. The van der Waals surface area contributed by atoms with Crippen molar-refractivity contribution in [2.45, 2.75) is 30.7 Å². The molecule has 2 N–H and O–H groups in total. The summed E-state index contributed by atoms with van der Waals surface area (Å²) in [6, 6.07) is 5.17. The maximum Gasteiger partial charge on any atom is 0.243 e. The first-order valence-corrected chi connectivity index (χ1v) is 9.29. The number of aliphatic hydroxyl groups excluding tert-OH is 1. The fourth-order valence-corrected chi connectivity index (χ4v) is 4.31. The van der Waals surface area contributed by atoms with Crippen molar-refractivity contribution in [2.24, 2.45) is 0 Å². The van der Waals surface area contributed by atoms with Crippen molar-refractivity contribution in [3.8, 4) is 0 Å². The van der Waals surface area contributed by atoms with E-state index in [1.807, 2.05) is 6.92 Å². The van der Waals surface area contributed by atoms with Crippen molar-refractivity contribution >= 4 is 26.0 Å². The molecule has 0 aliphatic carbocycles. The van der Waals surface area contributed by atoms with Gasteiger partial charge in [-0.15, -0.1) is 0 Å². The van der Waals surface area contributed by atoms with Gasteiger partial charge in [-0.1, -0.05) is 15.9 Å². The standard InChI is InChI=1S/C14H21BrN2O3S/c1-11-9-13(4-5-14(11)15)21(19,20)17(7-8-18)10-12-3-2-6-16-12/h4-5,9,12,16,18H,2-3,6-8,10H2,1H3. The molecule has 1 unspecified atom stereocenters. The van der Waals surface area contributed by atoms with E-state index >= 15 is 0 Å². The Balaban J connectivity index is 2.25. The normalized spacial score (nSPS) is 19.3. The lowest BCUT2D eigenvalue weighted by molar-refractivity contribution is 0.246. The molecular weight excluding hydrogens is 356 g/mol. The number of nitrogens with zero attached hydrogens (tertiary/aromatic N) is 1. The first-order valence-electron chi connectivity index (χ1n) is 7.05. The van der Waals surface area contributed by atoms with Gasteiger partial charge in [-0.3, -0.25) is 0 Å². The molecule has 118 valence electrons. The van der Waals surface area contributed by atoms with Gasteiger partial charge in [0.25, 0.3) is 0 Å². The zero-order chi connectivity index (χ0) is 15.5. The van der Waals surface area contributed by atoms with Crippen LogP contribution in [0.1, 0.15) is 18.4 Å². The van der Waals surface area contributed by atoms with Crippen LogP contribution in [0.4, 0.5) is 0 Å². The van der Waals surface area contributed by atoms with Gasteiger partial charge >= 0.3 is 0 Å². The summed E-state index contributed by atoms with van der Waals surface area (Å²) < 4.78 is 27.7. The Hall–Kier alpha value is -0.470. The van der Waals surface area contributed by atoms with Crippen LogP contribution in [0.2, 0.25) is 0 Å². The Bertz CT molecular complexity index is 586. The third-order valence-corrected chi connectivity index (χ3v) is 6.45. The number of benzene rings is 1. The van der Waals surface area contributed by atoms with E-state index in [0.717, 1.165) is 29.4 Å². The summed E-state index contributed by atoms with van der Waals surface area (Å²) in [5.74, 6) is 0. The summed E-state index contributed by atoms with van der Waals surface area (Å²) >= 11 is 3.38. The minimum absolute atomic E-state index is 0.121. The monoisotopic (exact) mass is 376 g/mol. The molecule has 5 nitrogen and oxygen atoms in total. The topological polar surface area (TPSA) is 69.6 Å². The summed E-state index contributed by atoms with van der Waals surface area (Å²) in [6.45, 7) is 3.13. The molecule has 1 saturated heterocycles.